The molecule has 1 aromatic carbocycles. The van der Waals surface area contributed by atoms with Crippen LogP contribution in [0.4, 0.5) is 5.82 Å². The van der Waals surface area contributed by atoms with Crippen molar-refractivity contribution in [1.82, 2.24) is 24.3 Å². The fraction of sp³-hybridized carbons (Fsp3) is 0.250. The van der Waals surface area contributed by atoms with Gasteiger partial charge in [-0.05, 0) is 36.9 Å². The van der Waals surface area contributed by atoms with Crippen molar-refractivity contribution >= 4 is 34.1 Å². The molecular weight excluding hydrogens is 402 g/mol. The topological polar surface area (TPSA) is 93.3 Å². The maximum Gasteiger partial charge on any atom is 0.267 e. The van der Waals surface area contributed by atoms with Crippen molar-refractivity contribution in [3.8, 4) is 6.07 Å². The van der Waals surface area contributed by atoms with Crippen molar-refractivity contribution in [2.75, 3.05) is 37.6 Å². The van der Waals surface area contributed by atoms with E-state index in [1.165, 1.54) is 4.40 Å². The summed E-state index contributed by atoms with van der Waals surface area (Å²) in [6.07, 6.45) is 3.32. The molecule has 0 bridgehead atoms. The van der Waals surface area contributed by atoms with Crippen LogP contribution in [-0.2, 0) is 0 Å². The zero-order chi connectivity index (χ0) is 22.1. The first kappa shape index (κ1) is 20.0. The number of imidazole rings is 1. The Morgan fingerprint density at radius 1 is 1.12 bits per heavy atom. The molecule has 0 radical (unpaired) electrons. The quantitative estimate of drug-likeness (QED) is 0.506. The highest BCUT2D eigenvalue weighted by molar-refractivity contribution is 5.92. The molecule has 8 nitrogen and oxygen atoms in total. The van der Waals surface area contributed by atoms with E-state index in [2.05, 4.69) is 32.8 Å². The molecular formula is C24H23N7O. The van der Waals surface area contributed by atoms with E-state index in [1.807, 2.05) is 36.4 Å². The molecule has 1 aliphatic heterocycles. The van der Waals surface area contributed by atoms with Gasteiger partial charge in [0.15, 0.2) is 0 Å². The maximum atomic E-state index is 13.5. The minimum absolute atomic E-state index is 0.201. The van der Waals surface area contributed by atoms with Crippen molar-refractivity contribution in [2.24, 2.45) is 0 Å². The van der Waals surface area contributed by atoms with Crippen LogP contribution in [0.3, 0.4) is 0 Å². The summed E-state index contributed by atoms with van der Waals surface area (Å²) in [5, 5.41) is 9.91. The Bertz CT molecular complexity index is 1380. The summed E-state index contributed by atoms with van der Waals surface area (Å²) >= 11 is 0. The number of likely N-dealkylation sites (N-methyl/N-ethyl adjacent to an activating group) is 1. The van der Waals surface area contributed by atoms with E-state index < -0.39 is 0 Å². The van der Waals surface area contributed by atoms with Gasteiger partial charge in [-0.15, -0.1) is 0 Å². The highest BCUT2D eigenvalue weighted by atomic mass is 16.1. The number of nitriles is 1. The molecule has 0 saturated carbocycles. The smallest absolute Gasteiger partial charge is 0.267 e. The average Bonchev–Trinajstić information content (AvgIpc) is 3.27. The molecule has 1 fully saturated rings. The molecule has 8 heteroatoms. The van der Waals surface area contributed by atoms with Gasteiger partial charge in [-0.25, -0.2) is 9.97 Å². The van der Waals surface area contributed by atoms with Gasteiger partial charge in [0, 0.05) is 32.4 Å². The zero-order valence-electron chi connectivity index (χ0n) is 17.8. The van der Waals surface area contributed by atoms with Crippen molar-refractivity contribution in [3.63, 3.8) is 0 Å². The van der Waals surface area contributed by atoms with Gasteiger partial charge in [0.05, 0.1) is 22.2 Å². The van der Waals surface area contributed by atoms with E-state index in [0.29, 0.717) is 28.4 Å². The van der Waals surface area contributed by atoms with Crippen molar-refractivity contribution in [2.45, 2.75) is 6.92 Å². The lowest BCUT2D eigenvalue weighted by Crippen LogP contribution is -2.47. The molecule has 1 saturated heterocycles. The van der Waals surface area contributed by atoms with Gasteiger partial charge in [0.1, 0.15) is 23.4 Å². The lowest BCUT2D eigenvalue weighted by molar-refractivity contribution is 0.270. The molecule has 4 heterocycles. The Morgan fingerprint density at radius 2 is 1.91 bits per heavy atom. The monoisotopic (exact) mass is 425 g/mol. The summed E-state index contributed by atoms with van der Waals surface area (Å²) in [5.74, 6) is 1.05. The van der Waals surface area contributed by atoms with E-state index in [-0.39, 0.29) is 5.56 Å². The van der Waals surface area contributed by atoms with Crippen LogP contribution >= 0.6 is 0 Å². The third-order valence-corrected chi connectivity index (χ3v) is 5.92. The van der Waals surface area contributed by atoms with Gasteiger partial charge in [0.25, 0.3) is 5.56 Å². The van der Waals surface area contributed by atoms with E-state index in [1.54, 1.807) is 18.3 Å². The first-order valence-corrected chi connectivity index (χ1v) is 10.7. The summed E-state index contributed by atoms with van der Waals surface area (Å²) < 4.78 is 1.52. The second-order valence-corrected chi connectivity index (χ2v) is 7.78. The maximum absolute atomic E-state index is 13.5. The normalized spacial score (nSPS) is 15.4. The van der Waals surface area contributed by atoms with Crippen LogP contribution in [-0.4, -0.2) is 57.0 Å². The number of rotatable bonds is 4. The number of fused-ring (bicyclic) bond motifs is 2. The second-order valence-electron chi connectivity index (χ2n) is 7.78. The number of aromatic amines is 1. The number of allylic oxidation sites excluding steroid dienone is 1. The molecule has 1 aliphatic rings. The van der Waals surface area contributed by atoms with Gasteiger partial charge in [-0.1, -0.05) is 25.1 Å². The molecule has 1 N–H and O–H groups in total. The lowest BCUT2D eigenvalue weighted by Gasteiger charge is -2.35. The van der Waals surface area contributed by atoms with Gasteiger partial charge in [-0.2, -0.15) is 5.26 Å². The van der Waals surface area contributed by atoms with Crippen LogP contribution in [0, 0.1) is 11.3 Å². The third-order valence-electron chi connectivity index (χ3n) is 5.92. The largest absolute Gasteiger partial charge is 0.353 e. The number of piperazine rings is 1. The summed E-state index contributed by atoms with van der Waals surface area (Å²) in [7, 11) is 0. The van der Waals surface area contributed by atoms with E-state index in [4.69, 9.17) is 4.98 Å². The standard InChI is InChI=1S/C24H23N7O/c1-2-29-11-13-30(14-12-29)23-18(24(32)31-10-6-5-9-21(31)28-23)15-17(16-25)22-26-19-7-3-4-8-20(19)27-22/h3-10,15H,2,11-14H2,1H3,(H,26,27). The van der Waals surface area contributed by atoms with E-state index in [0.717, 1.165) is 43.8 Å². The fourth-order valence-corrected chi connectivity index (χ4v) is 4.11. The lowest BCUT2D eigenvalue weighted by atomic mass is 10.1. The van der Waals surface area contributed by atoms with Crippen molar-refractivity contribution in [1.29, 1.82) is 5.26 Å². The van der Waals surface area contributed by atoms with Gasteiger partial charge in [-0.3, -0.25) is 9.20 Å². The summed E-state index contributed by atoms with van der Waals surface area (Å²) in [5.41, 5.74) is 2.69. The first-order valence-electron chi connectivity index (χ1n) is 10.7. The summed E-state index contributed by atoms with van der Waals surface area (Å²) in [4.78, 5) is 30.5. The second kappa shape index (κ2) is 8.29. The van der Waals surface area contributed by atoms with Crippen LogP contribution in [0.5, 0.6) is 0 Å². The zero-order valence-corrected chi connectivity index (χ0v) is 17.8. The van der Waals surface area contributed by atoms with Gasteiger partial charge >= 0.3 is 0 Å². The minimum Gasteiger partial charge on any atom is -0.353 e. The number of nitrogens with zero attached hydrogens (tertiary/aromatic N) is 6. The molecule has 0 aliphatic carbocycles. The molecule has 0 atom stereocenters. The highest BCUT2D eigenvalue weighted by Gasteiger charge is 2.22. The number of benzene rings is 1. The molecule has 32 heavy (non-hydrogen) atoms. The number of anilines is 1. The third kappa shape index (κ3) is 3.53. The number of hydrogen-bond acceptors (Lipinski definition) is 6. The molecule has 5 rings (SSSR count). The van der Waals surface area contributed by atoms with Crippen LogP contribution in [0.2, 0.25) is 0 Å². The van der Waals surface area contributed by atoms with Crippen molar-refractivity contribution in [3.05, 3.63) is 70.4 Å². The number of hydrogen-bond donors (Lipinski definition) is 1. The SMILES string of the molecule is CCN1CCN(c2nc3ccccn3c(=O)c2C=C(C#N)c2nc3ccccc3[nH]2)CC1. The van der Waals surface area contributed by atoms with Crippen LogP contribution < -0.4 is 10.5 Å². The highest BCUT2D eigenvalue weighted by Crippen LogP contribution is 2.24. The number of para-hydroxylation sites is 2. The van der Waals surface area contributed by atoms with Gasteiger partial charge in [0.2, 0.25) is 0 Å². The van der Waals surface area contributed by atoms with Crippen LogP contribution in [0.25, 0.3) is 28.3 Å². The Labute approximate surface area is 185 Å². The minimum atomic E-state index is -0.201. The number of H-pyrrole nitrogens is 1. The predicted octanol–water partition coefficient (Wildman–Crippen LogP) is 2.78. The molecule has 160 valence electrons. The number of pyridine rings is 1. The Morgan fingerprint density at radius 3 is 2.66 bits per heavy atom. The van der Waals surface area contributed by atoms with Gasteiger partial charge < -0.3 is 14.8 Å². The van der Waals surface area contributed by atoms with E-state index in [9.17, 15) is 10.1 Å². The Kier molecular flexibility index (Phi) is 5.17. The molecule has 3 aromatic heterocycles. The summed E-state index contributed by atoms with van der Waals surface area (Å²) in [6, 6.07) is 15.3. The Hall–Kier alpha value is -3.96. The predicted molar refractivity (Wildman–Crippen MR) is 125 cm³/mol. The fourth-order valence-electron chi connectivity index (χ4n) is 4.11. The van der Waals surface area contributed by atoms with Crippen LogP contribution in [0.1, 0.15) is 18.3 Å². The van der Waals surface area contributed by atoms with E-state index >= 15 is 0 Å². The molecule has 0 spiro atoms. The van der Waals surface area contributed by atoms with Crippen LogP contribution in [0.15, 0.2) is 53.5 Å². The Balaban J connectivity index is 1.66. The molecule has 0 amide bonds. The molecule has 4 aromatic rings. The molecule has 0 unspecified atom stereocenters. The first-order chi connectivity index (χ1) is 15.7. The summed E-state index contributed by atoms with van der Waals surface area (Å²) in [6.45, 7) is 6.51. The number of aromatic nitrogens is 4. The number of nitrogens with one attached hydrogen (secondary N) is 1. The van der Waals surface area contributed by atoms with Crippen molar-refractivity contribution < 1.29 is 0 Å². The average molecular weight is 425 g/mol.